The Bertz CT molecular complexity index is 1120. The molecule has 0 aliphatic carbocycles. The fourth-order valence-electron chi connectivity index (χ4n) is 3.19. The van der Waals surface area contributed by atoms with E-state index >= 15 is 0 Å². The standard InChI is InChI=1S/C21H24ClN3O6S/c1-14-11-15(21(27)30-2)3-6-18(14)23-13-20(26)24-16-4-5-17(22)19(12-16)32(28,29)25-7-9-31-10-8-25/h3-6,11-12,23H,7-10,13H2,1-2H3,(H,24,26). The fraction of sp³-hybridized carbons (Fsp3) is 0.333. The number of hydrogen-bond donors (Lipinski definition) is 2. The summed E-state index contributed by atoms with van der Waals surface area (Å²) in [7, 11) is -2.50. The minimum Gasteiger partial charge on any atom is -0.465 e. The third-order valence-electron chi connectivity index (χ3n) is 4.89. The Morgan fingerprint density at radius 1 is 1.16 bits per heavy atom. The van der Waals surface area contributed by atoms with Gasteiger partial charge in [-0.2, -0.15) is 4.31 Å². The molecule has 0 bridgehead atoms. The first-order valence-electron chi connectivity index (χ1n) is 9.82. The lowest BCUT2D eigenvalue weighted by Crippen LogP contribution is -2.40. The van der Waals surface area contributed by atoms with Gasteiger partial charge in [-0.1, -0.05) is 11.6 Å². The molecule has 11 heteroatoms. The van der Waals surface area contributed by atoms with Crippen LogP contribution in [0.4, 0.5) is 11.4 Å². The average Bonchev–Trinajstić information content (AvgIpc) is 2.79. The highest BCUT2D eigenvalue weighted by atomic mass is 35.5. The lowest BCUT2D eigenvalue weighted by molar-refractivity contribution is -0.114. The number of morpholine rings is 1. The summed E-state index contributed by atoms with van der Waals surface area (Å²) >= 11 is 6.15. The van der Waals surface area contributed by atoms with Crippen LogP contribution in [-0.4, -0.2) is 64.6 Å². The van der Waals surface area contributed by atoms with E-state index < -0.39 is 16.0 Å². The van der Waals surface area contributed by atoms with E-state index in [0.717, 1.165) is 5.56 Å². The molecule has 3 rings (SSSR count). The molecule has 0 aromatic heterocycles. The topological polar surface area (TPSA) is 114 Å². The molecular weight excluding hydrogens is 458 g/mol. The largest absolute Gasteiger partial charge is 0.465 e. The van der Waals surface area contributed by atoms with Gasteiger partial charge in [0, 0.05) is 24.5 Å². The summed E-state index contributed by atoms with van der Waals surface area (Å²) in [5.74, 6) is -0.818. The smallest absolute Gasteiger partial charge is 0.337 e. The van der Waals surface area contributed by atoms with Crippen molar-refractivity contribution >= 4 is 44.9 Å². The monoisotopic (exact) mass is 481 g/mol. The van der Waals surface area contributed by atoms with Gasteiger partial charge in [0.2, 0.25) is 15.9 Å². The van der Waals surface area contributed by atoms with Crippen LogP contribution in [-0.2, 0) is 24.3 Å². The van der Waals surface area contributed by atoms with Crippen LogP contribution in [0.3, 0.4) is 0 Å². The number of nitrogens with one attached hydrogen (secondary N) is 2. The highest BCUT2D eigenvalue weighted by Crippen LogP contribution is 2.28. The molecule has 172 valence electrons. The number of carbonyl (C=O) groups excluding carboxylic acids is 2. The van der Waals surface area contributed by atoms with Crippen molar-refractivity contribution in [1.29, 1.82) is 0 Å². The average molecular weight is 482 g/mol. The van der Waals surface area contributed by atoms with Crippen LogP contribution < -0.4 is 10.6 Å². The second-order valence-corrected chi connectivity index (χ2v) is 9.40. The molecular formula is C21H24ClN3O6S. The molecule has 2 aromatic carbocycles. The maximum absolute atomic E-state index is 12.9. The molecule has 2 aromatic rings. The van der Waals surface area contributed by atoms with Crippen LogP contribution in [0.25, 0.3) is 0 Å². The minimum atomic E-state index is -3.81. The summed E-state index contributed by atoms with van der Waals surface area (Å²) in [4.78, 5) is 23.9. The summed E-state index contributed by atoms with van der Waals surface area (Å²) < 4.78 is 37.0. The maximum atomic E-state index is 12.9. The zero-order valence-corrected chi connectivity index (χ0v) is 19.3. The molecule has 1 heterocycles. The van der Waals surface area contributed by atoms with Crippen molar-refractivity contribution in [3.8, 4) is 0 Å². The molecule has 1 saturated heterocycles. The quantitative estimate of drug-likeness (QED) is 0.584. The van der Waals surface area contributed by atoms with E-state index in [1.807, 2.05) is 0 Å². The number of carbonyl (C=O) groups is 2. The van der Waals surface area contributed by atoms with Gasteiger partial charge >= 0.3 is 5.97 Å². The van der Waals surface area contributed by atoms with Gasteiger partial charge in [0.05, 0.1) is 37.5 Å². The summed E-state index contributed by atoms with van der Waals surface area (Å²) in [6.45, 7) is 2.86. The Morgan fingerprint density at radius 2 is 1.88 bits per heavy atom. The molecule has 0 saturated carbocycles. The van der Waals surface area contributed by atoms with Crippen molar-refractivity contribution in [3.05, 3.63) is 52.5 Å². The molecule has 0 atom stereocenters. The van der Waals surface area contributed by atoms with Crippen molar-refractivity contribution < 1.29 is 27.5 Å². The predicted octanol–water partition coefficient (Wildman–Crippen LogP) is 2.51. The Labute approximate surface area is 191 Å². The van der Waals surface area contributed by atoms with Crippen molar-refractivity contribution in [2.45, 2.75) is 11.8 Å². The Hall–Kier alpha value is -2.66. The zero-order valence-electron chi connectivity index (χ0n) is 17.7. The fourth-order valence-corrected chi connectivity index (χ4v) is 5.10. The summed E-state index contributed by atoms with van der Waals surface area (Å²) in [5.41, 5.74) is 2.17. The minimum absolute atomic E-state index is 0.0629. The van der Waals surface area contributed by atoms with Gasteiger partial charge in [-0.25, -0.2) is 13.2 Å². The van der Waals surface area contributed by atoms with Gasteiger partial charge < -0.3 is 20.1 Å². The summed E-state index contributed by atoms with van der Waals surface area (Å²) in [6.07, 6.45) is 0. The van der Waals surface area contributed by atoms with E-state index in [9.17, 15) is 18.0 Å². The molecule has 9 nitrogen and oxygen atoms in total. The first-order valence-corrected chi connectivity index (χ1v) is 11.6. The van der Waals surface area contributed by atoms with Crippen LogP contribution >= 0.6 is 11.6 Å². The number of ether oxygens (including phenoxy) is 2. The van der Waals surface area contributed by atoms with Crippen LogP contribution in [0.1, 0.15) is 15.9 Å². The first kappa shape index (κ1) is 24.0. The van der Waals surface area contributed by atoms with Gasteiger partial charge in [0.15, 0.2) is 0 Å². The van der Waals surface area contributed by atoms with E-state index in [2.05, 4.69) is 10.6 Å². The number of hydrogen-bond acceptors (Lipinski definition) is 7. The van der Waals surface area contributed by atoms with Gasteiger partial charge in [-0.15, -0.1) is 0 Å². The molecule has 1 amide bonds. The van der Waals surface area contributed by atoms with Crippen LogP contribution in [0.15, 0.2) is 41.3 Å². The normalized spacial score (nSPS) is 14.6. The molecule has 2 N–H and O–H groups in total. The first-order chi connectivity index (χ1) is 15.2. The third kappa shape index (κ3) is 5.57. The molecule has 32 heavy (non-hydrogen) atoms. The number of aryl methyl sites for hydroxylation is 1. The van der Waals surface area contributed by atoms with Crippen molar-refractivity contribution in [1.82, 2.24) is 4.31 Å². The Kier molecular flexibility index (Phi) is 7.73. The van der Waals surface area contributed by atoms with Crippen LogP contribution in [0.2, 0.25) is 5.02 Å². The Morgan fingerprint density at radius 3 is 2.53 bits per heavy atom. The molecule has 1 aliphatic rings. The molecule has 0 spiro atoms. The lowest BCUT2D eigenvalue weighted by atomic mass is 10.1. The number of sulfonamides is 1. The van der Waals surface area contributed by atoms with Gasteiger partial charge in [0.1, 0.15) is 4.90 Å². The number of anilines is 2. The van der Waals surface area contributed by atoms with Gasteiger partial charge in [-0.05, 0) is 48.9 Å². The number of esters is 1. The maximum Gasteiger partial charge on any atom is 0.337 e. The van der Waals surface area contributed by atoms with Crippen LogP contribution in [0, 0.1) is 6.92 Å². The van der Waals surface area contributed by atoms with E-state index in [1.165, 1.54) is 29.6 Å². The van der Waals surface area contributed by atoms with Crippen molar-refractivity contribution in [3.63, 3.8) is 0 Å². The highest BCUT2D eigenvalue weighted by molar-refractivity contribution is 7.89. The molecule has 1 fully saturated rings. The van der Waals surface area contributed by atoms with Crippen molar-refractivity contribution in [2.24, 2.45) is 0 Å². The SMILES string of the molecule is COC(=O)c1ccc(NCC(=O)Nc2ccc(Cl)c(S(=O)(=O)N3CCOCC3)c2)c(C)c1. The summed E-state index contributed by atoms with van der Waals surface area (Å²) in [5, 5.41) is 5.74. The number of amides is 1. The van der Waals surface area contributed by atoms with Gasteiger partial charge in [-0.3, -0.25) is 4.79 Å². The number of halogens is 1. The third-order valence-corrected chi connectivity index (χ3v) is 7.27. The summed E-state index contributed by atoms with van der Waals surface area (Å²) in [6, 6.07) is 9.27. The number of nitrogens with zero attached hydrogens (tertiary/aromatic N) is 1. The molecule has 1 aliphatic heterocycles. The second kappa shape index (κ2) is 10.3. The number of rotatable bonds is 7. The molecule has 0 radical (unpaired) electrons. The van der Waals surface area contributed by atoms with E-state index in [-0.39, 0.29) is 35.5 Å². The van der Waals surface area contributed by atoms with Crippen molar-refractivity contribution in [2.75, 3.05) is 50.6 Å². The zero-order chi connectivity index (χ0) is 23.3. The highest BCUT2D eigenvalue weighted by Gasteiger charge is 2.28. The van der Waals surface area contributed by atoms with Gasteiger partial charge in [0.25, 0.3) is 0 Å². The second-order valence-electron chi connectivity index (χ2n) is 7.08. The van der Waals surface area contributed by atoms with E-state index in [4.69, 9.17) is 21.1 Å². The number of benzene rings is 2. The number of methoxy groups -OCH3 is 1. The predicted molar refractivity (Wildman–Crippen MR) is 121 cm³/mol. The lowest BCUT2D eigenvalue weighted by Gasteiger charge is -2.26. The van der Waals surface area contributed by atoms with E-state index in [0.29, 0.717) is 30.2 Å². The van der Waals surface area contributed by atoms with Crippen LogP contribution in [0.5, 0.6) is 0 Å². The van der Waals surface area contributed by atoms with E-state index in [1.54, 1.807) is 25.1 Å². The Balaban J connectivity index is 1.67. The molecule has 0 unspecified atom stereocenters.